The van der Waals surface area contributed by atoms with Crippen LogP contribution in [-0.4, -0.2) is 25.7 Å². The molecular formula is C14H11N3O6. The number of allylic oxidation sites excluding steroid dienone is 2. The quantitative estimate of drug-likeness (QED) is 0.396. The molecule has 0 unspecified atom stereocenters. The van der Waals surface area contributed by atoms with Gasteiger partial charge < -0.3 is 5.11 Å². The average molecular weight is 317 g/mol. The maximum absolute atomic E-state index is 11.8. The number of aliphatic hydroxyl groups is 1. The lowest BCUT2D eigenvalue weighted by molar-refractivity contribution is -0.393. The third-order valence-corrected chi connectivity index (χ3v) is 3.21. The van der Waals surface area contributed by atoms with Crippen molar-refractivity contribution < 1.29 is 19.7 Å². The van der Waals surface area contributed by atoms with Crippen LogP contribution in [0, 0.1) is 20.2 Å². The molecule has 0 aliphatic carbocycles. The number of carbonyl (C=O) groups excluding carboxylic acids is 1. The normalized spacial score (nSPS) is 11.9. The smallest absolute Gasteiger partial charge is 0.286 e. The fourth-order valence-corrected chi connectivity index (χ4v) is 2.37. The fourth-order valence-electron chi connectivity index (χ4n) is 2.37. The predicted octanol–water partition coefficient (Wildman–Crippen LogP) is 2.93. The zero-order valence-electron chi connectivity index (χ0n) is 12.1. The van der Waals surface area contributed by atoms with Crippen LogP contribution in [0.1, 0.15) is 19.4 Å². The number of benzene rings is 1. The van der Waals surface area contributed by atoms with Gasteiger partial charge in [-0.3, -0.25) is 30.0 Å². The van der Waals surface area contributed by atoms with Gasteiger partial charge in [-0.15, -0.1) is 0 Å². The van der Waals surface area contributed by atoms with Crippen LogP contribution in [0.3, 0.4) is 0 Å². The molecule has 118 valence electrons. The van der Waals surface area contributed by atoms with Gasteiger partial charge in [0, 0.05) is 6.20 Å². The lowest BCUT2D eigenvalue weighted by atomic mass is 9.95. The van der Waals surface area contributed by atoms with Crippen LogP contribution in [0.15, 0.2) is 30.2 Å². The molecule has 0 fully saturated rings. The maximum Gasteiger partial charge on any atom is 0.286 e. The third-order valence-electron chi connectivity index (χ3n) is 3.21. The number of carbonyl (C=O) groups is 1. The molecule has 2 rings (SSSR count). The van der Waals surface area contributed by atoms with E-state index in [4.69, 9.17) is 0 Å². The van der Waals surface area contributed by atoms with E-state index >= 15 is 0 Å². The number of nitro benzene ring substituents is 2. The number of pyridine rings is 1. The molecular weight excluding hydrogens is 306 g/mol. The second-order valence-electron chi connectivity index (χ2n) is 4.72. The number of rotatable bonds is 4. The molecule has 2 aromatic rings. The monoisotopic (exact) mass is 317 g/mol. The summed E-state index contributed by atoms with van der Waals surface area (Å²) in [4.78, 5) is 36.7. The highest BCUT2D eigenvalue weighted by atomic mass is 16.6. The summed E-state index contributed by atoms with van der Waals surface area (Å²) in [7, 11) is 0. The van der Waals surface area contributed by atoms with Gasteiger partial charge in [0.1, 0.15) is 5.76 Å². The number of aromatic nitrogens is 1. The average Bonchev–Trinajstić information content (AvgIpc) is 2.45. The largest absolute Gasteiger partial charge is 0.512 e. The van der Waals surface area contributed by atoms with Crippen molar-refractivity contribution in [1.29, 1.82) is 0 Å². The molecule has 9 nitrogen and oxygen atoms in total. The Hall–Kier alpha value is -3.36. The first-order chi connectivity index (χ1) is 10.8. The Labute approximate surface area is 129 Å². The van der Waals surface area contributed by atoms with Crippen LogP contribution in [-0.2, 0) is 4.79 Å². The van der Waals surface area contributed by atoms with Gasteiger partial charge in [0.2, 0.25) is 0 Å². The molecule has 1 heterocycles. The lowest BCUT2D eigenvalue weighted by Gasteiger charge is -2.10. The number of fused-ring (bicyclic) bond motifs is 1. The lowest BCUT2D eigenvalue weighted by Crippen LogP contribution is -2.06. The number of ketones is 1. The number of non-ortho nitro benzene ring substituents is 1. The highest BCUT2D eigenvalue weighted by Gasteiger charge is 2.30. The second-order valence-corrected chi connectivity index (χ2v) is 4.72. The number of aliphatic hydroxyl groups excluding tert-OH is 1. The highest BCUT2D eigenvalue weighted by molar-refractivity contribution is 6.24. The summed E-state index contributed by atoms with van der Waals surface area (Å²) >= 11 is 0. The van der Waals surface area contributed by atoms with E-state index in [1.165, 1.54) is 25.3 Å². The van der Waals surface area contributed by atoms with Crippen molar-refractivity contribution in [3.8, 4) is 0 Å². The standard InChI is InChI=1S/C14H11N3O6/c1-7(18)12(8(2)19)13-11(17(22)23)6-10(16(20)21)9-4-3-5-15-14(9)13/h3-6,18H,1-2H3. The number of hydrogen-bond acceptors (Lipinski definition) is 7. The van der Waals surface area contributed by atoms with E-state index < -0.39 is 32.8 Å². The Morgan fingerprint density at radius 1 is 1.17 bits per heavy atom. The van der Waals surface area contributed by atoms with Gasteiger partial charge >= 0.3 is 0 Å². The highest BCUT2D eigenvalue weighted by Crippen LogP contribution is 2.39. The number of Topliss-reactive ketones (excluding diaryl/α,β-unsaturated/α-hetero) is 1. The Balaban J connectivity index is 3.10. The van der Waals surface area contributed by atoms with Crippen molar-refractivity contribution in [2.75, 3.05) is 0 Å². The number of nitro groups is 2. The Morgan fingerprint density at radius 2 is 1.78 bits per heavy atom. The van der Waals surface area contributed by atoms with Crippen LogP contribution >= 0.6 is 0 Å². The first kappa shape index (κ1) is 16.0. The molecule has 23 heavy (non-hydrogen) atoms. The van der Waals surface area contributed by atoms with E-state index in [0.717, 1.165) is 13.0 Å². The van der Waals surface area contributed by atoms with Crippen LogP contribution in [0.2, 0.25) is 0 Å². The molecule has 0 aliphatic heterocycles. The summed E-state index contributed by atoms with van der Waals surface area (Å²) in [6.45, 7) is 2.34. The van der Waals surface area contributed by atoms with E-state index in [9.17, 15) is 30.1 Å². The topological polar surface area (TPSA) is 136 Å². The van der Waals surface area contributed by atoms with E-state index in [1.54, 1.807) is 0 Å². The molecule has 1 aromatic carbocycles. The van der Waals surface area contributed by atoms with Crippen LogP contribution < -0.4 is 0 Å². The minimum Gasteiger partial charge on any atom is -0.512 e. The van der Waals surface area contributed by atoms with Crippen molar-refractivity contribution in [3.05, 3.63) is 55.9 Å². The third kappa shape index (κ3) is 2.71. The van der Waals surface area contributed by atoms with E-state index in [1.807, 2.05) is 0 Å². The van der Waals surface area contributed by atoms with Crippen molar-refractivity contribution >= 4 is 33.6 Å². The van der Waals surface area contributed by atoms with Gasteiger partial charge in [-0.25, -0.2) is 0 Å². The van der Waals surface area contributed by atoms with Crippen LogP contribution in [0.25, 0.3) is 16.5 Å². The molecule has 0 aliphatic rings. The SMILES string of the molecule is CC(=O)C(=C(C)O)c1c([N+](=O)[O-])cc([N+](=O)[O-])c2cccnc12. The molecule has 0 atom stereocenters. The molecule has 0 spiro atoms. The molecule has 0 saturated carbocycles. The summed E-state index contributed by atoms with van der Waals surface area (Å²) in [5.41, 5.74) is -1.78. The van der Waals surface area contributed by atoms with Gasteiger partial charge in [0.25, 0.3) is 11.4 Å². The Morgan fingerprint density at radius 3 is 2.26 bits per heavy atom. The van der Waals surface area contributed by atoms with E-state index in [-0.39, 0.29) is 22.0 Å². The minimum absolute atomic E-state index is 0.0399. The summed E-state index contributed by atoms with van der Waals surface area (Å²) in [5, 5.41) is 32.3. The van der Waals surface area contributed by atoms with Gasteiger partial charge in [-0.2, -0.15) is 0 Å². The molecule has 0 bridgehead atoms. The number of hydrogen-bond donors (Lipinski definition) is 1. The predicted molar refractivity (Wildman–Crippen MR) is 81.0 cm³/mol. The molecule has 0 saturated heterocycles. The summed E-state index contributed by atoms with van der Waals surface area (Å²) in [6.07, 6.45) is 1.30. The first-order valence-electron chi connectivity index (χ1n) is 6.37. The number of nitrogens with zero attached hydrogens (tertiary/aromatic N) is 3. The van der Waals surface area contributed by atoms with E-state index in [0.29, 0.717) is 0 Å². The molecule has 9 heteroatoms. The van der Waals surface area contributed by atoms with Crippen molar-refractivity contribution in [1.82, 2.24) is 4.98 Å². The van der Waals surface area contributed by atoms with Crippen molar-refractivity contribution in [2.45, 2.75) is 13.8 Å². The summed E-state index contributed by atoms with van der Waals surface area (Å²) < 4.78 is 0. The molecule has 1 N–H and O–H groups in total. The minimum atomic E-state index is -0.845. The first-order valence-corrected chi connectivity index (χ1v) is 6.37. The van der Waals surface area contributed by atoms with Crippen molar-refractivity contribution in [3.63, 3.8) is 0 Å². The van der Waals surface area contributed by atoms with Gasteiger partial charge in [-0.1, -0.05) is 0 Å². The zero-order chi connectivity index (χ0) is 17.3. The Kier molecular flexibility index (Phi) is 4.04. The summed E-state index contributed by atoms with van der Waals surface area (Å²) in [5.74, 6) is -1.05. The van der Waals surface area contributed by atoms with Gasteiger partial charge in [0.05, 0.1) is 38.0 Å². The van der Waals surface area contributed by atoms with E-state index in [2.05, 4.69) is 4.98 Å². The zero-order valence-corrected chi connectivity index (χ0v) is 12.1. The van der Waals surface area contributed by atoms with Gasteiger partial charge in [0.15, 0.2) is 5.78 Å². The Bertz CT molecular complexity index is 883. The van der Waals surface area contributed by atoms with Crippen LogP contribution in [0.5, 0.6) is 0 Å². The molecule has 0 amide bonds. The maximum atomic E-state index is 11.8. The molecule has 1 aromatic heterocycles. The van der Waals surface area contributed by atoms with Gasteiger partial charge in [-0.05, 0) is 26.0 Å². The summed E-state index contributed by atoms with van der Waals surface area (Å²) in [6, 6.07) is 3.58. The fraction of sp³-hybridized carbons (Fsp3) is 0.143. The second kappa shape index (κ2) is 5.79. The molecule has 0 radical (unpaired) electrons. The van der Waals surface area contributed by atoms with Crippen molar-refractivity contribution in [2.24, 2.45) is 0 Å². The van der Waals surface area contributed by atoms with Crippen LogP contribution in [0.4, 0.5) is 11.4 Å².